The zero-order valence-corrected chi connectivity index (χ0v) is 12.3. The molecule has 1 atom stereocenters. The molecule has 0 saturated heterocycles. The van der Waals surface area contributed by atoms with Gasteiger partial charge >= 0.3 is 0 Å². The summed E-state index contributed by atoms with van der Waals surface area (Å²) in [6.07, 6.45) is 8.63. The van der Waals surface area contributed by atoms with Crippen LogP contribution in [0.1, 0.15) is 64.9 Å². The second-order valence-corrected chi connectivity index (χ2v) is 6.83. The van der Waals surface area contributed by atoms with Gasteiger partial charge in [0, 0.05) is 0 Å². The van der Waals surface area contributed by atoms with Crippen molar-refractivity contribution in [2.75, 3.05) is 0 Å². The van der Waals surface area contributed by atoms with E-state index < -0.39 is 0 Å². The van der Waals surface area contributed by atoms with Crippen molar-refractivity contribution in [3.63, 3.8) is 0 Å². The number of benzene rings is 1. The maximum atomic E-state index is 2.47. The molecular weight excluding hydrogens is 216 g/mol. The highest BCUT2D eigenvalue weighted by Crippen LogP contribution is 2.38. The molecule has 2 rings (SSSR count). The van der Waals surface area contributed by atoms with Crippen LogP contribution in [0.4, 0.5) is 0 Å². The van der Waals surface area contributed by atoms with Gasteiger partial charge in [-0.1, -0.05) is 83.2 Å². The van der Waals surface area contributed by atoms with E-state index >= 15 is 0 Å². The summed E-state index contributed by atoms with van der Waals surface area (Å²) in [7, 11) is 0. The van der Waals surface area contributed by atoms with Crippen LogP contribution >= 0.6 is 0 Å². The molecule has 0 heteroatoms. The number of rotatable bonds is 4. The second kappa shape index (κ2) is 5.91. The third-order valence-electron chi connectivity index (χ3n) is 4.84. The molecule has 1 unspecified atom stereocenters. The molecule has 1 aliphatic rings. The van der Waals surface area contributed by atoms with E-state index in [4.69, 9.17) is 0 Å². The largest absolute Gasteiger partial charge is 0.0622 e. The maximum Gasteiger partial charge on any atom is -0.0101 e. The molecule has 100 valence electrons. The van der Waals surface area contributed by atoms with E-state index in [-0.39, 0.29) is 0 Å². The second-order valence-electron chi connectivity index (χ2n) is 6.83. The van der Waals surface area contributed by atoms with Crippen molar-refractivity contribution in [2.24, 2.45) is 11.8 Å². The van der Waals surface area contributed by atoms with Crippen LogP contribution in [-0.2, 0) is 5.41 Å². The maximum absolute atomic E-state index is 2.47. The minimum atomic E-state index is 0.318. The van der Waals surface area contributed by atoms with E-state index in [1.807, 2.05) is 0 Å². The zero-order valence-electron chi connectivity index (χ0n) is 12.3. The van der Waals surface area contributed by atoms with E-state index in [1.54, 1.807) is 0 Å². The quantitative estimate of drug-likeness (QED) is 0.649. The van der Waals surface area contributed by atoms with E-state index in [0.717, 1.165) is 11.8 Å². The molecule has 0 heterocycles. The molecule has 1 fully saturated rings. The van der Waals surface area contributed by atoms with Gasteiger partial charge in [-0.05, 0) is 29.2 Å². The summed E-state index contributed by atoms with van der Waals surface area (Å²) in [6.45, 7) is 7.28. The van der Waals surface area contributed by atoms with E-state index in [9.17, 15) is 0 Å². The Morgan fingerprint density at radius 3 is 2.28 bits per heavy atom. The summed E-state index contributed by atoms with van der Waals surface area (Å²) in [4.78, 5) is 0. The SMILES string of the molecule is CC(CC(C)(C)c1ccccc1)C1CCCCC1. The Hall–Kier alpha value is -0.780. The molecule has 0 nitrogen and oxygen atoms in total. The molecule has 0 bridgehead atoms. The minimum absolute atomic E-state index is 0.318. The molecule has 1 aromatic carbocycles. The van der Waals surface area contributed by atoms with Crippen LogP contribution in [0.15, 0.2) is 30.3 Å². The lowest BCUT2D eigenvalue weighted by molar-refractivity contribution is 0.220. The molecule has 0 amide bonds. The molecule has 1 aromatic rings. The van der Waals surface area contributed by atoms with Crippen molar-refractivity contribution in [1.29, 1.82) is 0 Å². The summed E-state index contributed by atoms with van der Waals surface area (Å²) in [5.41, 5.74) is 1.81. The van der Waals surface area contributed by atoms with E-state index in [0.29, 0.717) is 5.41 Å². The molecule has 0 N–H and O–H groups in total. The summed E-state index contributed by atoms with van der Waals surface area (Å²) < 4.78 is 0. The van der Waals surface area contributed by atoms with Gasteiger partial charge in [0.25, 0.3) is 0 Å². The van der Waals surface area contributed by atoms with Crippen LogP contribution in [0.25, 0.3) is 0 Å². The highest BCUT2D eigenvalue weighted by Gasteiger charge is 2.28. The van der Waals surface area contributed by atoms with Crippen molar-refractivity contribution in [3.05, 3.63) is 35.9 Å². The summed E-state index contributed by atoms with van der Waals surface area (Å²) in [5.74, 6) is 1.84. The molecule has 1 aliphatic carbocycles. The average molecular weight is 244 g/mol. The fraction of sp³-hybridized carbons (Fsp3) is 0.667. The predicted molar refractivity (Wildman–Crippen MR) is 79.8 cm³/mol. The Morgan fingerprint density at radius 1 is 1.06 bits per heavy atom. The van der Waals surface area contributed by atoms with Crippen molar-refractivity contribution in [3.8, 4) is 0 Å². The van der Waals surface area contributed by atoms with Gasteiger partial charge in [0.2, 0.25) is 0 Å². The lowest BCUT2D eigenvalue weighted by Gasteiger charge is -2.34. The highest BCUT2D eigenvalue weighted by atomic mass is 14.3. The molecule has 0 spiro atoms. The van der Waals surface area contributed by atoms with Crippen molar-refractivity contribution in [2.45, 2.75) is 64.7 Å². The van der Waals surface area contributed by atoms with Gasteiger partial charge in [-0.15, -0.1) is 0 Å². The summed E-state index contributed by atoms with van der Waals surface area (Å²) >= 11 is 0. The molecule has 18 heavy (non-hydrogen) atoms. The van der Waals surface area contributed by atoms with Crippen LogP contribution < -0.4 is 0 Å². The van der Waals surface area contributed by atoms with E-state index in [2.05, 4.69) is 51.1 Å². The van der Waals surface area contributed by atoms with Crippen LogP contribution in [0.5, 0.6) is 0 Å². The predicted octanol–water partition coefficient (Wildman–Crippen LogP) is 5.57. The van der Waals surface area contributed by atoms with Crippen molar-refractivity contribution < 1.29 is 0 Å². The first-order valence-corrected chi connectivity index (χ1v) is 7.65. The van der Waals surface area contributed by atoms with Gasteiger partial charge < -0.3 is 0 Å². The summed E-state index contributed by atoms with van der Waals surface area (Å²) in [6, 6.07) is 11.0. The van der Waals surface area contributed by atoms with Crippen LogP contribution in [0, 0.1) is 11.8 Å². The Labute approximate surface area is 113 Å². The Morgan fingerprint density at radius 2 is 1.67 bits per heavy atom. The average Bonchev–Trinajstić information content (AvgIpc) is 2.40. The molecule has 0 aromatic heterocycles. The fourth-order valence-corrected chi connectivity index (χ4v) is 3.68. The normalized spacial score (nSPS) is 19.7. The molecular formula is C18H28. The summed E-state index contributed by atoms with van der Waals surface area (Å²) in [5, 5.41) is 0. The molecule has 1 saturated carbocycles. The first-order chi connectivity index (χ1) is 8.59. The third kappa shape index (κ3) is 3.37. The first kappa shape index (κ1) is 13.6. The Balaban J connectivity index is 1.98. The van der Waals surface area contributed by atoms with Gasteiger partial charge in [0.15, 0.2) is 0 Å². The topological polar surface area (TPSA) is 0 Å². The van der Waals surface area contributed by atoms with Crippen LogP contribution in [0.3, 0.4) is 0 Å². The lowest BCUT2D eigenvalue weighted by Crippen LogP contribution is -2.25. The van der Waals surface area contributed by atoms with Crippen molar-refractivity contribution in [1.82, 2.24) is 0 Å². The van der Waals surface area contributed by atoms with Gasteiger partial charge in [-0.2, -0.15) is 0 Å². The van der Waals surface area contributed by atoms with Gasteiger partial charge in [0.1, 0.15) is 0 Å². The minimum Gasteiger partial charge on any atom is -0.0622 e. The fourth-order valence-electron chi connectivity index (χ4n) is 3.68. The van der Waals surface area contributed by atoms with Gasteiger partial charge in [-0.25, -0.2) is 0 Å². The number of hydrogen-bond acceptors (Lipinski definition) is 0. The highest BCUT2D eigenvalue weighted by molar-refractivity contribution is 5.23. The molecule has 0 radical (unpaired) electrons. The van der Waals surface area contributed by atoms with Gasteiger partial charge in [0.05, 0.1) is 0 Å². The monoisotopic (exact) mass is 244 g/mol. The zero-order chi connectivity index (χ0) is 13.0. The lowest BCUT2D eigenvalue weighted by atomic mass is 9.71. The first-order valence-electron chi connectivity index (χ1n) is 7.65. The van der Waals surface area contributed by atoms with Crippen molar-refractivity contribution >= 4 is 0 Å². The standard InChI is InChI=1S/C18H28/c1-15(16-10-6-4-7-11-16)14-18(2,3)17-12-8-5-9-13-17/h5,8-9,12-13,15-16H,4,6-7,10-11,14H2,1-3H3. The van der Waals surface area contributed by atoms with Gasteiger partial charge in [-0.3, -0.25) is 0 Å². The Kier molecular flexibility index (Phi) is 4.48. The van der Waals surface area contributed by atoms with E-state index in [1.165, 1.54) is 44.1 Å². The molecule has 0 aliphatic heterocycles. The third-order valence-corrected chi connectivity index (χ3v) is 4.84. The number of hydrogen-bond donors (Lipinski definition) is 0. The Bertz CT molecular complexity index is 344. The smallest absolute Gasteiger partial charge is 0.0101 e. The van der Waals surface area contributed by atoms with Crippen LogP contribution in [-0.4, -0.2) is 0 Å². The van der Waals surface area contributed by atoms with Crippen LogP contribution in [0.2, 0.25) is 0 Å².